The highest BCUT2D eigenvalue weighted by atomic mass is 16.5. The van der Waals surface area contributed by atoms with Gasteiger partial charge in [0.15, 0.2) is 0 Å². The molecule has 1 atom stereocenters. The van der Waals surface area contributed by atoms with Crippen LogP contribution >= 0.6 is 0 Å². The Morgan fingerprint density at radius 2 is 1.71 bits per heavy atom. The van der Waals surface area contributed by atoms with Crippen LogP contribution in [0.1, 0.15) is 16.7 Å². The monoisotopic (exact) mass is 326 g/mol. The first-order chi connectivity index (χ1) is 11.5. The molecule has 0 fully saturated rings. The molecule has 0 heterocycles. The van der Waals surface area contributed by atoms with Crippen LogP contribution in [0.3, 0.4) is 0 Å². The highest BCUT2D eigenvalue weighted by Crippen LogP contribution is 2.06. The van der Waals surface area contributed by atoms with Gasteiger partial charge in [-0.15, -0.1) is 0 Å². The van der Waals surface area contributed by atoms with Gasteiger partial charge in [-0.05, 0) is 18.1 Å². The molecule has 24 heavy (non-hydrogen) atoms. The highest BCUT2D eigenvalue weighted by Gasteiger charge is 2.18. The van der Waals surface area contributed by atoms with E-state index in [4.69, 9.17) is 10.5 Å². The van der Waals surface area contributed by atoms with E-state index in [1.807, 2.05) is 61.5 Å². The van der Waals surface area contributed by atoms with Gasteiger partial charge in [-0.2, -0.15) is 0 Å². The zero-order valence-corrected chi connectivity index (χ0v) is 13.7. The molecule has 126 valence electrons. The fraction of sp³-hybridized carbons (Fsp3) is 0.263. The van der Waals surface area contributed by atoms with Crippen LogP contribution in [0.15, 0.2) is 54.6 Å². The number of primary amides is 1. The molecule has 3 N–H and O–H groups in total. The van der Waals surface area contributed by atoms with E-state index in [-0.39, 0.29) is 12.5 Å². The SMILES string of the molecule is Cc1ccc(C[C@@H](NC(=O)COCc2ccccc2)C(N)=O)cc1. The molecule has 0 aliphatic heterocycles. The Labute approximate surface area is 141 Å². The molecule has 0 spiro atoms. The van der Waals surface area contributed by atoms with Gasteiger partial charge in [0.2, 0.25) is 11.8 Å². The molecule has 0 saturated heterocycles. The molecule has 0 radical (unpaired) electrons. The number of carbonyl (C=O) groups is 2. The first kappa shape index (κ1) is 17.7. The third kappa shape index (κ3) is 5.85. The molecular formula is C19H22N2O3. The van der Waals surface area contributed by atoms with Crippen molar-refractivity contribution in [2.45, 2.75) is 26.0 Å². The zero-order chi connectivity index (χ0) is 17.4. The van der Waals surface area contributed by atoms with Crippen molar-refractivity contribution < 1.29 is 14.3 Å². The molecule has 0 aliphatic rings. The number of nitrogens with one attached hydrogen (secondary N) is 1. The summed E-state index contributed by atoms with van der Waals surface area (Å²) in [5.41, 5.74) is 8.44. The molecule has 2 aromatic carbocycles. The molecule has 0 bridgehead atoms. The largest absolute Gasteiger partial charge is 0.368 e. The standard InChI is InChI=1S/C19H22N2O3/c1-14-7-9-15(10-8-14)11-17(19(20)23)21-18(22)13-24-12-16-5-3-2-4-6-16/h2-10,17H,11-13H2,1H3,(H2,20,23)(H,21,22)/t17-/m1/s1. The molecule has 2 amide bonds. The van der Waals surface area contributed by atoms with Gasteiger partial charge in [-0.3, -0.25) is 9.59 Å². The van der Waals surface area contributed by atoms with Gasteiger partial charge in [0, 0.05) is 6.42 Å². The fourth-order valence-electron chi connectivity index (χ4n) is 2.25. The van der Waals surface area contributed by atoms with Gasteiger partial charge in [0.05, 0.1) is 6.61 Å². The Morgan fingerprint density at radius 3 is 2.33 bits per heavy atom. The Kier molecular flexibility index (Phi) is 6.51. The molecule has 0 saturated carbocycles. The molecule has 2 aromatic rings. The van der Waals surface area contributed by atoms with Crippen molar-refractivity contribution in [3.05, 3.63) is 71.3 Å². The lowest BCUT2D eigenvalue weighted by molar-refractivity contribution is -0.130. The second kappa shape index (κ2) is 8.84. The van der Waals surface area contributed by atoms with Crippen molar-refractivity contribution >= 4 is 11.8 Å². The van der Waals surface area contributed by atoms with Gasteiger partial charge < -0.3 is 15.8 Å². The number of aryl methyl sites for hydroxylation is 1. The second-order valence-corrected chi connectivity index (χ2v) is 5.69. The lowest BCUT2D eigenvalue weighted by atomic mass is 10.0. The molecule has 5 heteroatoms. The maximum atomic E-state index is 11.9. The molecule has 5 nitrogen and oxygen atoms in total. The van der Waals surface area contributed by atoms with Gasteiger partial charge in [0.1, 0.15) is 12.6 Å². The first-order valence-electron chi connectivity index (χ1n) is 7.80. The van der Waals surface area contributed by atoms with Crippen LogP contribution in [0.5, 0.6) is 0 Å². The Morgan fingerprint density at radius 1 is 1.04 bits per heavy atom. The van der Waals surface area contributed by atoms with Crippen LogP contribution in [0.25, 0.3) is 0 Å². The summed E-state index contributed by atoms with van der Waals surface area (Å²) in [6.45, 7) is 2.21. The number of carbonyl (C=O) groups excluding carboxylic acids is 2. The van der Waals surface area contributed by atoms with E-state index in [1.54, 1.807) is 0 Å². The van der Waals surface area contributed by atoms with E-state index >= 15 is 0 Å². The Bertz CT molecular complexity index is 669. The third-order valence-corrected chi connectivity index (χ3v) is 3.58. The molecule has 0 aromatic heterocycles. The van der Waals surface area contributed by atoms with Crippen molar-refractivity contribution in [2.75, 3.05) is 6.61 Å². The minimum absolute atomic E-state index is 0.118. The second-order valence-electron chi connectivity index (χ2n) is 5.69. The topological polar surface area (TPSA) is 81.4 Å². The minimum Gasteiger partial charge on any atom is -0.368 e. The summed E-state index contributed by atoms with van der Waals surface area (Å²) in [5, 5.41) is 2.63. The van der Waals surface area contributed by atoms with Crippen LogP contribution in [0, 0.1) is 6.92 Å². The van der Waals surface area contributed by atoms with Crippen LogP contribution in [-0.4, -0.2) is 24.5 Å². The molecule has 2 rings (SSSR count). The van der Waals surface area contributed by atoms with Crippen molar-refractivity contribution in [1.82, 2.24) is 5.32 Å². The number of hydrogen-bond acceptors (Lipinski definition) is 3. The summed E-state index contributed by atoms with van der Waals surface area (Å²) >= 11 is 0. The number of rotatable bonds is 8. The lowest BCUT2D eigenvalue weighted by Crippen LogP contribution is -2.47. The van der Waals surface area contributed by atoms with E-state index < -0.39 is 11.9 Å². The quantitative estimate of drug-likeness (QED) is 0.775. The van der Waals surface area contributed by atoms with Gasteiger partial charge >= 0.3 is 0 Å². The number of ether oxygens (including phenoxy) is 1. The number of nitrogens with two attached hydrogens (primary N) is 1. The van der Waals surface area contributed by atoms with Crippen LogP contribution in [-0.2, 0) is 27.4 Å². The summed E-state index contributed by atoms with van der Waals surface area (Å²) in [6.07, 6.45) is 0.361. The Balaban J connectivity index is 1.82. The number of benzene rings is 2. The maximum absolute atomic E-state index is 11.9. The molecule has 0 aliphatic carbocycles. The predicted molar refractivity (Wildman–Crippen MR) is 92.1 cm³/mol. The summed E-state index contributed by atoms with van der Waals surface area (Å²) in [5.74, 6) is -0.922. The van der Waals surface area contributed by atoms with Gasteiger partial charge in [-0.25, -0.2) is 0 Å². The third-order valence-electron chi connectivity index (χ3n) is 3.58. The zero-order valence-electron chi connectivity index (χ0n) is 13.7. The van der Waals surface area contributed by atoms with Crippen molar-refractivity contribution in [1.29, 1.82) is 0 Å². The van der Waals surface area contributed by atoms with Crippen molar-refractivity contribution in [3.63, 3.8) is 0 Å². The molecule has 0 unspecified atom stereocenters. The molecular weight excluding hydrogens is 304 g/mol. The van der Waals surface area contributed by atoms with Crippen LogP contribution in [0.2, 0.25) is 0 Å². The highest BCUT2D eigenvalue weighted by molar-refractivity contribution is 5.87. The van der Waals surface area contributed by atoms with E-state index in [0.717, 1.165) is 16.7 Å². The normalized spacial score (nSPS) is 11.7. The number of hydrogen-bond donors (Lipinski definition) is 2. The van der Waals surface area contributed by atoms with Crippen LogP contribution in [0.4, 0.5) is 0 Å². The Hall–Kier alpha value is -2.66. The van der Waals surface area contributed by atoms with E-state index in [0.29, 0.717) is 13.0 Å². The average Bonchev–Trinajstić information content (AvgIpc) is 2.57. The number of amides is 2. The maximum Gasteiger partial charge on any atom is 0.246 e. The average molecular weight is 326 g/mol. The van der Waals surface area contributed by atoms with E-state index in [2.05, 4.69) is 5.32 Å². The van der Waals surface area contributed by atoms with Gasteiger partial charge in [-0.1, -0.05) is 60.2 Å². The fourth-order valence-corrected chi connectivity index (χ4v) is 2.25. The van der Waals surface area contributed by atoms with Crippen LogP contribution < -0.4 is 11.1 Å². The van der Waals surface area contributed by atoms with E-state index in [1.165, 1.54) is 0 Å². The minimum atomic E-state index is -0.750. The summed E-state index contributed by atoms with van der Waals surface area (Å²) in [4.78, 5) is 23.5. The smallest absolute Gasteiger partial charge is 0.246 e. The first-order valence-corrected chi connectivity index (χ1v) is 7.80. The van der Waals surface area contributed by atoms with E-state index in [9.17, 15) is 9.59 Å². The summed E-state index contributed by atoms with van der Waals surface area (Å²) in [6, 6.07) is 16.6. The summed E-state index contributed by atoms with van der Waals surface area (Å²) in [7, 11) is 0. The van der Waals surface area contributed by atoms with Gasteiger partial charge in [0.25, 0.3) is 0 Å². The summed E-state index contributed by atoms with van der Waals surface area (Å²) < 4.78 is 5.36. The predicted octanol–water partition coefficient (Wildman–Crippen LogP) is 1.72. The van der Waals surface area contributed by atoms with Crippen molar-refractivity contribution in [2.24, 2.45) is 5.73 Å². The lowest BCUT2D eigenvalue weighted by Gasteiger charge is -2.16. The van der Waals surface area contributed by atoms with Crippen molar-refractivity contribution in [3.8, 4) is 0 Å².